The molecule has 0 amide bonds. The Morgan fingerprint density at radius 1 is 1.40 bits per heavy atom. The van der Waals surface area contributed by atoms with Crippen LogP contribution in [0.5, 0.6) is 0 Å². The van der Waals surface area contributed by atoms with Gasteiger partial charge in [0.15, 0.2) is 0 Å². The molecule has 2 N–H and O–H groups in total. The van der Waals surface area contributed by atoms with E-state index in [2.05, 4.69) is 39.1 Å². The molecule has 1 unspecified atom stereocenters. The van der Waals surface area contributed by atoms with Gasteiger partial charge in [-0.05, 0) is 64.0 Å². The molecule has 1 atom stereocenters. The lowest BCUT2D eigenvalue weighted by molar-refractivity contribution is -0.0103. The summed E-state index contributed by atoms with van der Waals surface area (Å²) in [6, 6.07) is 2.60. The summed E-state index contributed by atoms with van der Waals surface area (Å²) in [6.45, 7) is 9.53. The Hall–Kier alpha value is -0.380. The van der Waals surface area contributed by atoms with Crippen LogP contribution < -0.4 is 5.32 Å². The summed E-state index contributed by atoms with van der Waals surface area (Å²) in [5, 5.41) is 14.2. The summed E-state index contributed by atoms with van der Waals surface area (Å²) in [5.41, 5.74) is 0.900. The third-order valence-electron chi connectivity index (χ3n) is 4.90. The molecule has 3 heteroatoms. The molecule has 0 radical (unpaired) electrons. The normalized spacial score (nSPS) is 28.6. The summed E-state index contributed by atoms with van der Waals surface area (Å²) >= 11 is 1.86. The minimum atomic E-state index is -0.487. The second kappa shape index (κ2) is 6.59. The zero-order chi connectivity index (χ0) is 14.8. The molecule has 0 aromatic carbocycles. The number of hydrogen-bond donors (Lipinski definition) is 2. The van der Waals surface area contributed by atoms with Crippen molar-refractivity contribution in [1.82, 2.24) is 5.32 Å². The maximum atomic E-state index is 10.7. The van der Waals surface area contributed by atoms with E-state index in [1.807, 2.05) is 11.3 Å². The molecule has 1 aliphatic carbocycles. The van der Waals surface area contributed by atoms with Crippen molar-refractivity contribution in [1.29, 1.82) is 0 Å². The first-order valence-corrected chi connectivity index (χ1v) is 8.78. The maximum Gasteiger partial charge on any atom is 0.0772 e. The number of thiophene rings is 1. The van der Waals surface area contributed by atoms with Crippen LogP contribution in [-0.2, 0) is 0 Å². The fraction of sp³-hybridized carbons (Fsp3) is 0.765. The number of rotatable bonds is 5. The summed E-state index contributed by atoms with van der Waals surface area (Å²) in [4.78, 5) is 2.76. The summed E-state index contributed by atoms with van der Waals surface area (Å²) < 4.78 is 0. The van der Waals surface area contributed by atoms with E-state index in [4.69, 9.17) is 0 Å². The SMILES string of the molecule is CCC1CCC(O)(CNC(C)c2cc(C)sc2C)CC1. The van der Waals surface area contributed by atoms with Crippen LogP contribution >= 0.6 is 11.3 Å². The van der Waals surface area contributed by atoms with Gasteiger partial charge in [-0.3, -0.25) is 0 Å². The third-order valence-corrected chi connectivity index (χ3v) is 5.88. The van der Waals surface area contributed by atoms with Crippen LogP contribution in [-0.4, -0.2) is 17.3 Å². The molecule has 1 aromatic rings. The lowest BCUT2D eigenvalue weighted by Gasteiger charge is -2.36. The molecule has 20 heavy (non-hydrogen) atoms. The van der Waals surface area contributed by atoms with E-state index >= 15 is 0 Å². The van der Waals surface area contributed by atoms with E-state index in [1.54, 1.807) is 0 Å². The Morgan fingerprint density at radius 2 is 2.05 bits per heavy atom. The Balaban J connectivity index is 1.87. The number of aryl methyl sites for hydroxylation is 2. The molecule has 114 valence electrons. The second-order valence-corrected chi connectivity index (χ2v) is 8.01. The van der Waals surface area contributed by atoms with Crippen LogP contribution in [0.3, 0.4) is 0 Å². The minimum absolute atomic E-state index is 0.327. The van der Waals surface area contributed by atoms with Gasteiger partial charge in [0.1, 0.15) is 0 Å². The van der Waals surface area contributed by atoms with Gasteiger partial charge >= 0.3 is 0 Å². The molecule has 1 aliphatic rings. The van der Waals surface area contributed by atoms with E-state index in [-0.39, 0.29) is 0 Å². The van der Waals surface area contributed by atoms with Crippen molar-refractivity contribution in [2.45, 2.75) is 71.4 Å². The largest absolute Gasteiger partial charge is 0.389 e. The quantitative estimate of drug-likeness (QED) is 0.846. The Bertz CT molecular complexity index is 432. The predicted octanol–water partition coefficient (Wildman–Crippen LogP) is 4.35. The average molecular weight is 295 g/mol. The van der Waals surface area contributed by atoms with Crippen LogP contribution in [0.1, 0.15) is 67.3 Å². The maximum absolute atomic E-state index is 10.7. The first-order chi connectivity index (χ1) is 9.43. The lowest BCUT2D eigenvalue weighted by atomic mass is 9.77. The topological polar surface area (TPSA) is 32.3 Å². The standard InChI is InChI=1S/C17H29NOS/c1-5-15-6-8-17(19,9-7-15)11-18-13(3)16-10-12(2)20-14(16)4/h10,13,15,18-19H,5-9,11H2,1-4H3. The fourth-order valence-corrected chi connectivity index (χ4v) is 4.36. The van der Waals surface area contributed by atoms with Gasteiger partial charge in [0.2, 0.25) is 0 Å². The van der Waals surface area contributed by atoms with Gasteiger partial charge in [0.25, 0.3) is 0 Å². The van der Waals surface area contributed by atoms with Crippen LogP contribution in [0, 0.1) is 19.8 Å². The van der Waals surface area contributed by atoms with Crippen molar-refractivity contribution in [2.75, 3.05) is 6.54 Å². The number of nitrogens with one attached hydrogen (secondary N) is 1. The van der Waals surface area contributed by atoms with E-state index < -0.39 is 5.60 Å². The highest BCUT2D eigenvalue weighted by Gasteiger charge is 2.32. The van der Waals surface area contributed by atoms with Crippen LogP contribution in [0.2, 0.25) is 0 Å². The summed E-state index contributed by atoms with van der Waals surface area (Å²) in [6.07, 6.45) is 5.52. The molecule has 1 heterocycles. The highest BCUT2D eigenvalue weighted by molar-refractivity contribution is 7.12. The molecule has 2 rings (SSSR count). The molecule has 0 bridgehead atoms. The molecule has 2 nitrogen and oxygen atoms in total. The Kier molecular flexibility index (Phi) is 5.27. The van der Waals surface area contributed by atoms with Crippen LogP contribution in [0.15, 0.2) is 6.07 Å². The predicted molar refractivity (Wildman–Crippen MR) is 87.4 cm³/mol. The van der Waals surface area contributed by atoms with Crippen molar-refractivity contribution >= 4 is 11.3 Å². The van der Waals surface area contributed by atoms with Gasteiger partial charge in [-0.25, -0.2) is 0 Å². The van der Waals surface area contributed by atoms with Gasteiger partial charge in [-0.2, -0.15) is 0 Å². The van der Waals surface area contributed by atoms with Gasteiger partial charge in [0, 0.05) is 22.3 Å². The van der Waals surface area contributed by atoms with Crippen molar-refractivity contribution in [3.63, 3.8) is 0 Å². The third kappa shape index (κ3) is 3.84. The fourth-order valence-electron chi connectivity index (χ4n) is 3.33. The van der Waals surface area contributed by atoms with Gasteiger partial charge in [0.05, 0.1) is 5.60 Å². The smallest absolute Gasteiger partial charge is 0.0772 e. The zero-order valence-electron chi connectivity index (χ0n) is 13.3. The van der Waals surface area contributed by atoms with Crippen LogP contribution in [0.25, 0.3) is 0 Å². The van der Waals surface area contributed by atoms with Gasteiger partial charge in [-0.1, -0.05) is 13.3 Å². The molecular formula is C17H29NOS. The molecule has 1 fully saturated rings. The van der Waals surface area contributed by atoms with Crippen molar-refractivity contribution < 1.29 is 5.11 Å². The zero-order valence-corrected chi connectivity index (χ0v) is 14.1. The van der Waals surface area contributed by atoms with Crippen molar-refractivity contribution in [3.05, 3.63) is 21.4 Å². The average Bonchev–Trinajstić information content (AvgIpc) is 2.76. The van der Waals surface area contributed by atoms with Crippen LogP contribution in [0.4, 0.5) is 0 Å². The first-order valence-electron chi connectivity index (χ1n) is 7.96. The molecule has 0 saturated heterocycles. The first kappa shape index (κ1) is 16.0. The molecule has 0 spiro atoms. The Labute approximate surface area is 127 Å². The van der Waals surface area contributed by atoms with E-state index in [1.165, 1.54) is 34.6 Å². The summed E-state index contributed by atoms with van der Waals surface area (Å²) in [7, 11) is 0. The van der Waals surface area contributed by atoms with E-state index in [0.717, 1.165) is 25.3 Å². The molecule has 1 saturated carbocycles. The number of aliphatic hydroxyl groups is 1. The van der Waals surface area contributed by atoms with E-state index in [0.29, 0.717) is 6.04 Å². The lowest BCUT2D eigenvalue weighted by Crippen LogP contribution is -2.44. The number of hydrogen-bond acceptors (Lipinski definition) is 3. The highest BCUT2D eigenvalue weighted by atomic mass is 32.1. The second-order valence-electron chi connectivity index (χ2n) is 6.55. The van der Waals surface area contributed by atoms with E-state index in [9.17, 15) is 5.11 Å². The molecule has 1 aromatic heterocycles. The summed E-state index contributed by atoms with van der Waals surface area (Å²) in [5.74, 6) is 0.828. The Morgan fingerprint density at radius 3 is 2.55 bits per heavy atom. The molecular weight excluding hydrogens is 266 g/mol. The van der Waals surface area contributed by atoms with Crippen molar-refractivity contribution in [3.8, 4) is 0 Å². The van der Waals surface area contributed by atoms with Gasteiger partial charge < -0.3 is 10.4 Å². The molecule has 0 aliphatic heterocycles. The van der Waals surface area contributed by atoms with Gasteiger partial charge in [-0.15, -0.1) is 11.3 Å². The van der Waals surface area contributed by atoms with Crippen molar-refractivity contribution in [2.24, 2.45) is 5.92 Å². The minimum Gasteiger partial charge on any atom is -0.389 e. The highest BCUT2D eigenvalue weighted by Crippen LogP contribution is 2.34. The monoisotopic (exact) mass is 295 g/mol.